The third kappa shape index (κ3) is 6.46. The average Bonchev–Trinajstić information content (AvgIpc) is 3.46. The van der Waals surface area contributed by atoms with Crippen LogP contribution in [0.25, 0.3) is 0 Å². The van der Waals surface area contributed by atoms with E-state index in [0.29, 0.717) is 30.3 Å². The number of hydrogen-bond donors (Lipinski definition) is 4. The van der Waals surface area contributed by atoms with Crippen molar-refractivity contribution in [1.29, 1.82) is 0 Å². The lowest BCUT2D eigenvalue weighted by Crippen LogP contribution is -2.63. The van der Waals surface area contributed by atoms with Crippen LogP contribution in [0.2, 0.25) is 0 Å². The van der Waals surface area contributed by atoms with Gasteiger partial charge in [0.2, 0.25) is 11.8 Å². The van der Waals surface area contributed by atoms with E-state index in [1.807, 2.05) is 6.92 Å². The Morgan fingerprint density at radius 1 is 1.23 bits per heavy atom. The summed E-state index contributed by atoms with van der Waals surface area (Å²) in [5.41, 5.74) is 5.67. The molecule has 40 heavy (non-hydrogen) atoms. The molecular formula is C26H42N6O6S2. The number of amides is 4. The molecule has 0 radical (unpaired) electrons. The van der Waals surface area contributed by atoms with E-state index in [0.717, 1.165) is 38.4 Å². The van der Waals surface area contributed by atoms with E-state index in [1.54, 1.807) is 30.6 Å². The summed E-state index contributed by atoms with van der Waals surface area (Å²) in [5.74, 6) is -0.878. The molecule has 14 heteroatoms. The molecule has 0 spiro atoms. The van der Waals surface area contributed by atoms with Crippen molar-refractivity contribution in [3.05, 3.63) is 10.6 Å². The minimum atomic E-state index is -1.10. The lowest BCUT2D eigenvalue weighted by atomic mass is 9.79. The number of nitrogens with two attached hydrogens (primary N) is 1. The smallest absolute Gasteiger partial charge is 0.353 e. The van der Waals surface area contributed by atoms with E-state index in [-0.39, 0.29) is 53.2 Å². The van der Waals surface area contributed by atoms with Crippen molar-refractivity contribution in [1.82, 2.24) is 24.9 Å². The Kier molecular flexibility index (Phi) is 10.4. The molecule has 3 fully saturated rings. The van der Waals surface area contributed by atoms with Crippen LogP contribution in [0.15, 0.2) is 10.6 Å². The SMILES string of the molecule is CC(O)[C@@H]1C(=O)N2C(C(=O)O)=C(S[C@@H]3CN[C@H](CSCCC(=O)N(C)C(=O)N4CCN(CCN)CC4)C3)[C@H](C)[C@H]12. The van der Waals surface area contributed by atoms with Gasteiger partial charge in [-0.2, -0.15) is 11.8 Å². The van der Waals surface area contributed by atoms with Crippen molar-refractivity contribution in [2.75, 3.05) is 64.4 Å². The van der Waals surface area contributed by atoms with Gasteiger partial charge in [0.05, 0.1) is 18.1 Å². The standard InChI is InChI=1S/C26H42N6O6S2/c1-15-21-20(16(2)33)24(35)32(21)22(25(36)37)23(15)40-18-12-17(28-13-18)14-39-11-4-19(34)29(3)26(38)31-9-7-30(6-5-27)8-10-31/h15-18,20-21,28,33H,4-14,27H2,1-3H3,(H,36,37)/t15-,16?,17+,18+,20+,21-/m1/s1. The van der Waals surface area contributed by atoms with E-state index in [2.05, 4.69) is 10.2 Å². The number of carboxylic acids is 1. The van der Waals surface area contributed by atoms with Gasteiger partial charge in [-0.1, -0.05) is 6.92 Å². The number of aliphatic hydroxyl groups is 1. The first-order chi connectivity index (χ1) is 19.0. The molecule has 0 bridgehead atoms. The maximum atomic E-state index is 12.7. The molecule has 0 aromatic heterocycles. The van der Waals surface area contributed by atoms with Crippen LogP contribution in [0.4, 0.5) is 4.79 Å². The molecule has 0 aromatic rings. The number of thioether (sulfide) groups is 2. The topological polar surface area (TPSA) is 160 Å². The highest BCUT2D eigenvalue weighted by Gasteiger charge is 2.60. The number of imide groups is 1. The van der Waals surface area contributed by atoms with Crippen LogP contribution < -0.4 is 11.1 Å². The zero-order valence-corrected chi connectivity index (χ0v) is 25.1. The van der Waals surface area contributed by atoms with Crippen LogP contribution >= 0.6 is 23.5 Å². The molecule has 3 saturated heterocycles. The number of nitrogens with zero attached hydrogens (tertiary/aromatic N) is 4. The summed E-state index contributed by atoms with van der Waals surface area (Å²) in [4.78, 5) is 57.2. The zero-order valence-electron chi connectivity index (χ0n) is 23.5. The number of carbonyl (C=O) groups is 4. The van der Waals surface area contributed by atoms with E-state index in [9.17, 15) is 29.4 Å². The summed E-state index contributed by atoms with van der Waals surface area (Å²) in [5, 5.41) is 23.6. The summed E-state index contributed by atoms with van der Waals surface area (Å²) in [6.07, 6.45) is 0.321. The predicted octanol–water partition coefficient (Wildman–Crippen LogP) is -0.118. The molecule has 224 valence electrons. The quantitative estimate of drug-likeness (QED) is 0.186. The summed E-state index contributed by atoms with van der Waals surface area (Å²) >= 11 is 3.20. The second kappa shape index (κ2) is 13.4. The number of carbonyl (C=O) groups excluding carboxylic acids is 3. The third-order valence-corrected chi connectivity index (χ3v) is 11.0. The Labute approximate surface area is 244 Å². The molecule has 6 atom stereocenters. The number of nitrogens with one attached hydrogen (secondary N) is 1. The largest absolute Gasteiger partial charge is 0.477 e. The van der Waals surface area contributed by atoms with Crippen LogP contribution in [-0.2, 0) is 14.4 Å². The number of carboxylic acid groups (broad SMARTS) is 1. The monoisotopic (exact) mass is 598 g/mol. The summed E-state index contributed by atoms with van der Waals surface area (Å²) in [7, 11) is 1.55. The van der Waals surface area contributed by atoms with Gasteiger partial charge in [-0.25, -0.2) is 9.59 Å². The van der Waals surface area contributed by atoms with Crippen LogP contribution in [0.5, 0.6) is 0 Å². The van der Waals surface area contributed by atoms with Gasteiger partial charge in [0.1, 0.15) is 5.70 Å². The molecule has 0 aromatic carbocycles. The van der Waals surface area contributed by atoms with Gasteiger partial charge in [0.25, 0.3) is 0 Å². The van der Waals surface area contributed by atoms with Crippen molar-refractivity contribution in [3.63, 3.8) is 0 Å². The maximum absolute atomic E-state index is 12.7. The van der Waals surface area contributed by atoms with Crippen molar-refractivity contribution in [2.45, 2.75) is 50.1 Å². The first kappa shape index (κ1) is 31.1. The van der Waals surface area contributed by atoms with E-state index >= 15 is 0 Å². The highest BCUT2D eigenvalue weighted by molar-refractivity contribution is 8.03. The fourth-order valence-corrected chi connectivity index (χ4v) is 8.62. The number of hydrogen-bond acceptors (Lipinski definition) is 10. The van der Waals surface area contributed by atoms with E-state index in [1.165, 1.54) is 21.6 Å². The van der Waals surface area contributed by atoms with Crippen LogP contribution in [-0.4, -0.2) is 141 Å². The molecule has 4 heterocycles. The van der Waals surface area contributed by atoms with Crippen LogP contribution in [0.1, 0.15) is 26.7 Å². The number of aliphatic hydroxyl groups excluding tert-OH is 1. The molecule has 4 amide bonds. The van der Waals surface area contributed by atoms with Gasteiger partial charge in [-0.15, -0.1) is 11.8 Å². The first-order valence-electron chi connectivity index (χ1n) is 14.0. The molecule has 4 aliphatic rings. The van der Waals surface area contributed by atoms with E-state index in [4.69, 9.17) is 5.73 Å². The maximum Gasteiger partial charge on any atom is 0.353 e. The van der Waals surface area contributed by atoms with Crippen molar-refractivity contribution < 1.29 is 29.4 Å². The molecule has 5 N–H and O–H groups in total. The molecule has 4 rings (SSSR count). The van der Waals surface area contributed by atoms with Crippen molar-refractivity contribution in [2.24, 2.45) is 17.6 Å². The minimum Gasteiger partial charge on any atom is -0.477 e. The van der Waals surface area contributed by atoms with Crippen LogP contribution in [0, 0.1) is 11.8 Å². The number of fused-ring (bicyclic) bond motifs is 1. The predicted molar refractivity (Wildman–Crippen MR) is 155 cm³/mol. The molecule has 0 aliphatic carbocycles. The molecular weight excluding hydrogens is 556 g/mol. The first-order valence-corrected chi connectivity index (χ1v) is 16.0. The Morgan fingerprint density at radius 3 is 2.55 bits per heavy atom. The van der Waals surface area contributed by atoms with Crippen LogP contribution in [0.3, 0.4) is 0 Å². The van der Waals surface area contributed by atoms with Gasteiger partial charge >= 0.3 is 12.0 Å². The fourth-order valence-electron chi connectivity index (χ4n) is 6.07. The zero-order chi connectivity index (χ0) is 29.1. The Hall–Kier alpha value is -1.84. The summed E-state index contributed by atoms with van der Waals surface area (Å²) in [6.45, 7) is 8.37. The number of aliphatic carboxylic acids is 1. The number of rotatable bonds is 11. The van der Waals surface area contributed by atoms with E-state index < -0.39 is 18.0 Å². The lowest BCUT2D eigenvalue weighted by Gasteiger charge is -2.46. The highest BCUT2D eigenvalue weighted by Crippen LogP contribution is 2.51. The number of piperazine rings is 1. The molecule has 12 nitrogen and oxygen atoms in total. The van der Waals surface area contributed by atoms with Gasteiger partial charge in [0.15, 0.2) is 0 Å². The van der Waals surface area contributed by atoms with Gasteiger partial charge in [-0.3, -0.25) is 19.4 Å². The number of urea groups is 1. The lowest BCUT2D eigenvalue weighted by molar-refractivity contribution is -0.163. The Bertz CT molecular complexity index is 1020. The molecule has 4 aliphatic heterocycles. The Balaban J connectivity index is 1.18. The normalized spacial score (nSPS) is 29.4. The molecule has 0 saturated carbocycles. The van der Waals surface area contributed by atoms with Gasteiger partial charge in [0, 0.05) is 92.9 Å². The van der Waals surface area contributed by atoms with Crippen molar-refractivity contribution >= 4 is 47.3 Å². The second-order valence-electron chi connectivity index (χ2n) is 11.0. The third-order valence-electron chi connectivity index (χ3n) is 8.31. The average molecular weight is 599 g/mol. The summed E-state index contributed by atoms with van der Waals surface area (Å²) < 4.78 is 0. The number of β-lactam (4-membered cyclic amide) rings is 1. The minimum absolute atomic E-state index is 0.0665. The second-order valence-corrected chi connectivity index (χ2v) is 13.5. The van der Waals surface area contributed by atoms with Gasteiger partial charge < -0.3 is 31.1 Å². The Morgan fingerprint density at radius 2 is 1.93 bits per heavy atom. The molecule has 1 unspecified atom stereocenters. The summed E-state index contributed by atoms with van der Waals surface area (Å²) in [6, 6.07) is -0.316. The highest BCUT2D eigenvalue weighted by atomic mass is 32.2. The van der Waals surface area contributed by atoms with Gasteiger partial charge in [-0.05, 0) is 13.3 Å². The van der Waals surface area contributed by atoms with Crippen molar-refractivity contribution in [3.8, 4) is 0 Å². The fraction of sp³-hybridized carbons (Fsp3) is 0.769.